The topological polar surface area (TPSA) is 72.3 Å². The zero-order valence-electron chi connectivity index (χ0n) is 11.1. The van der Waals surface area contributed by atoms with Crippen LogP contribution in [-0.4, -0.2) is 25.0 Å². The second-order valence-corrected chi connectivity index (χ2v) is 5.09. The molecule has 4 N–H and O–H groups in total. The molecule has 1 heterocycles. The number of rotatable bonds is 3. The van der Waals surface area contributed by atoms with Crippen molar-refractivity contribution in [2.45, 2.75) is 25.8 Å². The van der Waals surface area contributed by atoms with Gasteiger partial charge in [0.2, 0.25) is 0 Å². The largest absolute Gasteiger partial charge is 0.370 e. The molecular formula is C14H20FN3O. The van der Waals surface area contributed by atoms with Crippen molar-refractivity contribution in [2.24, 2.45) is 17.4 Å². The fourth-order valence-electron chi connectivity index (χ4n) is 2.68. The Morgan fingerprint density at radius 2 is 2.26 bits per heavy atom. The van der Waals surface area contributed by atoms with Gasteiger partial charge in [-0.15, -0.1) is 0 Å². The van der Waals surface area contributed by atoms with Gasteiger partial charge in [0.25, 0.3) is 5.91 Å². The minimum atomic E-state index is -0.600. The summed E-state index contributed by atoms with van der Waals surface area (Å²) in [6, 6.07) is 4.38. The number of nitrogens with zero attached hydrogens (tertiary/aromatic N) is 1. The number of amides is 1. The summed E-state index contributed by atoms with van der Waals surface area (Å²) in [4.78, 5) is 13.5. The summed E-state index contributed by atoms with van der Waals surface area (Å²) < 4.78 is 13.2. The second kappa shape index (κ2) is 5.57. The van der Waals surface area contributed by atoms with Gasteiger partial charge in [-0.05, 0) is 30.5 Å². The van der Waals surface area contributed by atoms with Crippen molar-refractivity contribution in [1.29, 1.82) is 0 Å². The smallest absolute Gasteiger partial charge is 0.250 e. The van der Waals surface area contributed by atoms with Crippen molar-refractivity contribution >= 4 is 11.6 Å². The minimum absolute atomic E-state index is 0.193. The molecule has 0 spiro atoms. The molecule has 19 heavy (non-hydrogen) atoms. The number of primary amides is 1. The van der Waals surface area contributed by atoms with Crippen LogP contribution in [-0.2, 0) is 0 Å². The van der Waals surface area contributed by atoms with E-state index >= 15 is 0 Å². The van der Waals surface area contributed by atoms with Crippen LogP contribution >= 0.6 is 0 Å². The predicted molar refractivity (Wildman–Crippen MR) is 73.5 cm³/mol. The van der Waals surface area contributed by atoms with Gasteiger partial charge in [-0.25, -0.2) is 4.39 Å². The van der Waals surface area contributed by atoms with Crippen LogP contribution in [0.3, 0.4) is 0 Å². The van der Waals surface area contributed by atoms with Crippen molar-refractivity contribution in [1.82, 2.24) is 0 Å². The fraction of sp³-hybridized carbons (Fsp3) is 0.500. The molecule has 1 aliphatic rings. The highest BCUT2D eigenvalue weighted by Crippen LogP contribution is 2.27. The van der Waals surface area contributed by atoms with Gasteiger partial charge < -0.3 is 16.4 Å². The molecule has 0 bridgehead atoms. The van der Waals surface area contributed by atoms with E-state index in [0.717, 1.165) is 25.9 Å². The molecule has 0 radical (unpaired) electrons. The zero-order valence-corrected chi connectivity index (χ0v) is 11.1. The van der Waals surface area contributed by atoms with Gasteiger partial charge in [-0.3, -0.25) is 4.79 Å². The number of anilines is 1. The zero-order chi connectivity index (χ0) is 14.0. The van der Waals surface area contributed by atoms with Gasteiger partial charge in [0.05, 0.1) is 5.56 Å². The highest BCUT2D eigenvalue weighted by Gasteiger charge is 2.27. The molecule has 2 atom stereocenters. The van der Waals surface area contributed by atoms with E-state index in [1.54, 1.807) is 6.07 Å². The Morgan fingerprint density at radius 3 is 2.89 bits per heavy atom. The summed E-state index contributed by atoms with van der Waals surface area (Å²) >= 11 is 0. The van der Waals surface area contributed by atoms with Crippen molar-refractivity contribution in [3.05, 3.63) is 29.6 Å². The highest BCUT2D eigenvalue weighted by molar-refractivity contribution is 5.98. The molecule has 2 rings (SSSR count). The summed E-state index contributed by atoms with van der Waals surface area (Å²) in [6.45, 7) is 3.65. The van der Waals surface area contributed by atoms with Crippen LogP contribution in [0.2, 0.25) is 0 Å². The van der Waals surface area contributed by atoms with Gasteiger partial charge in [-0.2, -0.15) is 0 Å². The number of carbonyl (C=O) groups excluding carboxylic acids is 1. The second-order valence-electron chi connectivity index (χ2n) is 5.09. The van der Waals surface area contributed by atoms with E-state index in [1.165, 1.54) is 12.1 Å². The average molecular weight is 265 g/mol. The Morgan fingerprint density at radius 1 is 1.53 bits per heavy atom. The lowest BCUT2D eigenvalue weighted by Crippen LogP contribution is -2.47. The molecule has 1 fully saturated rings. The lowest BCUT2D eigenvalue weighted by Gasteiger charge is -2.38. The summed E-state index contributed by atoms with van der Waals surface area (Å²) in [6.07, 6.45) is 1.86. The molecule has 0 aromatic heterocycles. The molecule has 1 aliphatic heterocycles. The normalized spacial score (nSPS) is 23.4. The molecule has 5 heteroatoms. The third-order valence-electron chi connectivity index (χ3n) is 3.88. The maximum atomic E-state index is 13.2. The van der Waals surface area contributed by atoms with Gasteiger partial charge in [0.1, 0.15) is 5.82 Å². The first-order valence-corrected chi connectivity index (χ1v) is 6.62. The van der Waals surface area contributed by atoms with Crippen LogP contribution in [0.15, 0.2) is 18.2 Å². The summed E-state index contributed by atoms with van der Waals surface area (Å²) in [5.74, 6) is -0.657. The Bertz CT molecular complexity index is 478. The van der Waals surface area contributed by atoms with Gasteiger partial charge in [-0.1, -0.05) is 13.3 Å². The van der Waals surface area contributed by atoms with Crippen LogP contribution in [0.5, 0.6) is 0 Å². The number of carbonyl (C=O) groups is 1. The summed E-state index contributed by atoms with van der Waals surface area (Å²) in [7, 11) is 0. The first-order chi connectivity index (χ1) is 9.02. The lowest BCUT2D eigenvalue weighted by molar-refractivity contribution is 0.1000. The first kappa shape index (κ1) is 13.8. The third-order valence-corrected chi connectivity index (χ3v) is 3.88. The maximum absolute atomic E-state index is 13.2. The standard InChI is InChI=1S/C14H20FN3O/c1-2-9-8-18(6-5-12(9)16)13-4-3-10(15)7-11(13)14(17)19/h3-4,7,9,12H,2,5-6,8,16H2,1H3,(H2,17,19). The van der Waals surface area contributed by atoms with Gasteiger partial charge in [0.15, 0.2) is 0 Å². The van der Waals surface area contributed by atoms with E-state index in [2.05, 4.69) is 11.8 Å². The quantitative estimate of drug-likeness (QED) is 0.869. The molecule has 1 saturated heterocycles. The monoisotopic (exact) mass is 265 g/mol. The third kappa shape index (κ3) is 2.87. The van der Waals surface area contributed by atoms with Crippen molar-refractivity contribution in [2.75, 3.05) is 18.0 Å². The SMILES string of the molecule is CCC1CN(c2ccc(F)cc2C(N)=O)CCC1N. The molecule has 0 saturated carbocycles. The molecular weight excluding hydrogens is 245 g/mol. The van der Waals surface area contributed by atoms with Crippen molar-refractivity contribution < 1.29 is 9.18 Å². The number of hydrogen-bond donors (Lipinski definition) is 2. The fourth-order valence-corrected chi connectivity index (χ4v) is 2.68. The van der Waals surface area contributed by atoms with E-state index in [0.29, 0.717) is 11.6 Å². The summed E-state index contributed by atoms with van der Waals surface area (Å²) in [5, 5.41) is 0. The molecule has 1 aromatic rings. The molecule has 104 valence electrons. The van der Waals surface area contributed by atoms with Crippen LogP contribution in [0.25, 0.3) is 0 Å². The molecule has 2 unspecified atom stereocenters. The summed E-state index contributed by atoms with van der Waals surface area (Å²) in [5.41, 5.74) is 12.3. The van der Waals surface area contributed by atoms with Gasteiger partial charge >= 0.3 is 0 Å². The maximum Gasteiger partial charge on any atom is 0.250 e. The molecule has 1 aromatic carbocycles. The number of hydrogen-bond acceptors (Lipinski definition) is 3. The predicted octanol–water partition coefficient (Wildman–Crippen LogP) is 1.49. The lowest BCUT2D eigenvalue weighted by atomic mass is 9.90. The average Bonchev–Trinajstić information content (AvgIpc) is 2.39. The molecule has 1 amide bonds. The van der Waals surface area contributed by atoms with Crippen LogP contribution in [0, 0.1) is 11.7 Å². The minimum Gasteiger partial charge on any atom is -0.370 e. The number of nitrogens with two attached hydrogens (primary N) is 2. The van der Waals surface area contributed by atoms with E-state index < -0.39 is 11.7 Å². The Labute approximate surface area is 112 Å². The van der Waals surface area contributed by atoms with Crippen molar-refractivity contribution in [3.8, 4) is 0 Å². The highest BCUT2D eigenvalue weighted by atomic mass is 19.1. The molecule has 4 nitrogen and oxygen atoms in total. The van der Waals surface area contributed by atoms with Crippen LogP contribution < -0.4 is 16.4 Å². The van der Waals surface area contributed by atoms with Crippen molar-refractivity contribution in [3.63, 3.8) is 0 Å². The number of piperidine rings is 1. The van der Waals surface area contributed by atoms with E-state index in [-0.39, 0.29) is 11.6 Å². The Balaban J connectivity index is 2.29. The van der Waals surface area contributed by atoms with Crippen LogP contribution in [0.1, 0.15) is 30.1 Å². The Kier molecular flexibility index (Phi) is 4.04. The first-order valence-electron chi connectivity index (χ1n) is 6.62. The van der Waals surface area contributed by atoms with Gasteiger partial charge in [0, 0.05) is 24.8 Å². The van der Waals surface area contributed by atoms with E-state index in [4.69, 9.17) is 11.5 Å². The Hall–Kier alpha value is -1.62. The molecule has 0 aliphatic carbocycles. The van der Waals surface area contributed by atoms with Crippen LogP contribution in [0.4, 0.5) is 10.1 Å². The number of benzene rings is 1. The van der Waals surface area contributed by atoms with E-state index in [9.17, 15) is 9.18 Å². The number of halogens is 1. The van der Waals surface area contributed by atoms with E-state index in [1.807, 2.05) is 0 Å².